The molecule has 0 spiro atoms. The molecule has 0 heterocycles. The van der Waals surface area contributed by atoms with Crippen LogP contribution in [-0.2, 0) is 0 Å². The molecule has 1 amide bonds. The van der Waals surface area contributed by atoms with Gasteiger partial charge in [0.1, 0.15) is 0 Å². The molecule has 2 saturated carbocycles. The topological polar surface area (TPSA) is 41.5 Å². The molecule has 5 heteroatoms. The van der Waals surface area contributed by atoms with E-state index in [1.54, 1.807) is 18.2 Å². The molecule has 2 bridgehead atoms. The highest BCUT2D eigenvalue weighted by Crippen LogP contribution is 2.63. The second-order valence-electron chi connectivity index (χ2n) is 7.12. The molecule has 0 aliphatic heterocycles. The van der Waals surface area contributed by atoms with Crippen molar-refractivity contribution in [2.24, 2.45) is 21.8 Å². The van der Waals surface area contributed by atoms with Crippen LogP contribution in [0.25, 0.3) is 0 Å². The third-order valence-electron chi connectivity index (χ3n) is 5.98. The molecule has 0 aromatic heterocycles. The van der Waals surface area contributed by atoms with Crippen molar-refractivity contribution in [2.75, 3.05) is 0 Å². The molecule has 2 atom stereocenters. The zero-order valence-corrected chi connectivity index (χ0v) is 14.6. The lowest BCUT2D eigenvalue weighted by Gasteiger charge is -2.34. The van der Waals surface area contributed by atoms with Crippen molar-refractivity contribution in [3.05, 3.63) is 33.8 Å². The van der Waals surface area contributed by atoms with Gasteiger partial charge in [-0.15, -0.1) is 0 Å². The second-order valence-corrected chi connectivity index (χ2v) is 7.96. The smallest absolute Gasteiger partial charge is 0.267 e. The van der Waals surface area contributed by atoms with E-state index >= 15 is 0 Å². The number of amides is 1. The molecule has 1 aromatic carbocycles. The average molecular weight is 339 g/mol. The van der Waals surface area contributed by atoms with Gasteiger partial charge >= 0.3 is 0 Å². The van der Waals surface area contributed by atoms with Crippen LogP contribution in [0.1, 0.15) is 50.4 Å². The van der Waals surface area contributed by atoms with Crippen LogP contribution in [0, 0.1) is 16.7 Å². The number of hydrogen-bond donors (Lipinski definition) is 1. The third-order valence-corrected chi connectivity index (χ3v) is 6.53. The molecule has 118 valence electrons. The van der Waals surface area contributed by atoms with E-state index in [0.29, 0.717) is 21.5 Å². The van der Waals surface area contributed by atoms with E-state index in [4.69, 9.17) is 23.2 Å². The molecule has 2 aliphatic carbocycles. The van der Waals surface area contributed by atoms with Crippen molar-refractivity contribution in [1.82, 2.24) is 5.43 Å². The van der Waals surface area contributed by atoms with E-state index < -0.39 is 0 Å². The monoisotopic (exact) mass is 338 g/mol. The molecular weight excluding hydrogens is 319 g/mol. The maximum Gasteiger partial charge on any atom is 0.272 e. The van der Waals surface area contributed by atoms with E-state index in [2.05, 4.69) is 31.3 Å². The summed E-state index contributed by atoms with van der Waals surface area (Å²) in [5.41, 5.74) is 4.49. The number of benzene rings is 1. The Kier molecular flexibility index (Phi) is 3.77. The first kappa shape index (κ1) is 15.8. The minimum Gasteiger partial charge on any atom is -0.267 e. The first-order valence-electron chi connectivity index (χ1n) is 7.58. The molecule has 3 rings (SSSR count). The number of halogens is 2. The Hall–Kier alpha value is -1.06. The van der Waals surface area contributed by atoms with Gasteiger partial charge in [-0.2, -0.15) is 5.10 Å². The Balaban J connectivity index is 1.79. The average Bonchev–Trinajstić information content (AvgIpc) is 2.77. The van der Waals surface area contributed by atoms with Crippen LogP contribution in [0.4, 0.5) is 0 Å². The number of rotatable bonds is 2. The van der Waals surface area contributed by atoms with Gasteiger partial charge in [-0.3, -0.25) is 4.79 Å². The quantitative estimate of drug-likeness (QED) is 0.763. The van der Waals surface area contributed by atoms with E-state index in [0.717, 1.165) is 18.6 Å². The number of hydrazone groups is 1. The van der Waals surface area contributed by atoms with Crippen molar-refractivity contribution in [3.63, 3.8) is 0 Å². The molecular formula is C17H20Cl2N2O. The van der Waals surface area contributed by atoms with Gasteiger partial charge in [0.2, 0.25) is 0 Å². The number of carbonyl (C=O) groups excluding carboxylic acids is 1. The van der Waals surface area contributed by atoms with Crippen molar-refractivity contribution in [2.45, 2.75) is 40.0 Å². The Morgan fingerprint density at radius 2 is 2.05 bits per heavy atom. The third kappa shape index (κ3) is 2.26. The van der Waals surface area contributed by atoms with E-state index in [1.165, 1.54) is 6.42 Å². The molecule has 0 saturated heterocycles. The zero-order valence-electron chi connectivity index (χ0n) is 13.0. The normalized spacial score (nSPS) is 30.8. The summed E-state index contributed by atoms with van der Waals surface area (Å²) in [5.74, 6) is 0.366. The maximum absolute atomic E-state index is 12.3. The molecule has 2 aliphatic rings. The molecule has 3 nitrogen and oxygen atoms in total. The van der Waals surface area contributed by atoms with Gasteiger partial charge in [-0.1, -0.05) is 44.0 Å². The highest BCUT2D eigenvalue weighted by molar-refractivity contribution is 6.36. The first-order chi connectivity index (χ1) is 10.3. The fourth-order valence-electron chi connectivity index (χ4n) is 3.95. The van der Waals surface area contributed by atoms with Crippen LogP contribution in [0.15, 0.2) is 23.3 Å². The van der Waals surface area contributed by atoms with Gasteiger partial charge in [0.25, 0.3) is 5.91 Å². The fraction of sp³-hybridized carbons (Fsp3) is 0.529. The van der Waals surface area contributed by atoms with Crippen LogP contribution in [0.5, 0.6) is 0 Å². The summed E-state index contributed by atoms with van der Waals surface area (Å²) in [7, 11) is 0. The number of hydrogen-bond acceptors (Lipinski definition) is 2. The van der Waals surface area contributed by atoms with Gasteiger partial charge in [0, 0.05) is 16.1 Å². The minimum absolute atomic E-state index is 0.0781. The molecule has 1 aromatic rings. The second kappa shape index (κ2) is 5.24. The van der Waals surface area contributed by atoms with Crippen molar-refractivity contribution in [1.29, 1.82) is 0 Å². The van der Waals surface area contributed by atoms with Crippen molar-refractivity contribution < 1.29 is 4.79 Å². The molecule has 22 heavy (non-hydrogen) atoms. The summed E-state index contributed by atoms with van der Waals surface area (Å²) in [6, 6.07) is 4.83. The molecule has 2 unspecified atom stereocenters. The summed E-state index contributed by atoms with van der Waals surface area (Å²) in [6.07, 6.45) is 3.36. The Bertz CT molecular complexity index is 669. The number of carbonyl (C=O) groups is 1. The van der Waals surface area contributed by atoms with Gasteiger partial charge < -0.3 is 0 Å². The zero-order chi connectivity index (χ0) is 16.1. The van der Waals surface area contributed by atoms with E-state index in [9.17, 15) is 4.79 Å². The lowest BCUT2D eigenvalue weighted by Crippen LogP contribution is -2.34. The highest BCUT2D eigenvalue weighted by Gasteiger charge is 2.60. The minimum atomic E-state index is -0.293. The molecule has 1 N–H and O–H groups in total. The largest absolute Gasteiger partial charge is 0.272 e. The van der Waals surface area contributed by atoms with Crippen LogP contribution < -0.4 is 5.43 Å². The van der Waals surface area contributed by atoms with E-state index in [-0.39, 0.29) is 16.7 Å². The SMILES string of the molecule is CC12CCC(C/C1=N/NC(=O)c1ccc(Cl)cc1Cl)C2(C)C. The van der Waals surface area contributed by atoms with Crippen LogP contribution in [0.2, 0.25) is 10.0 Å². The lowest BCUT2D eigenvalue weighted by atomic mass is 9.70. The summed E-state index contributed by atoms with van der Waals surface area (Å²) >= 11 is 11.9. The summed E-state index contributed by atoms with van der Waals surface area (Å²) in [6.45, 7) is 6.89. The van der Waals surface area contributed by atoms with Gasteiger partial charge in [0.05, 0.1) is 10.6 Å². The maximum atomic E-state index is 12.3. The van der Waals surface area contributed by atoms with Gasteiger partial charge in [-0.05, 0) is 48.8 Å². The van der Waals surface area contributed by atoms with Crippen LogP contribution in [-0.4, -0.2) is 11.6 Å². The summed E-state index contributed by atoms with van der Waals surface area (Å²) < 4.78 is 0. The molecule has 2 fully saturated rings. The standard InChI is InChI=1S/C17H20Cl2N2O/c1-16(2)10-6-7-17(16,3)14(8-10)20-21-15(22)12-5-4-11(18)9-13(12)19/h4-5,9-10H,6-8H2,1-3H3,(H,21,22)/b20-14-. The van der Waals surface area contributed by atoms with Gasteiger partial charge in [-0.25, -0.2) is 5.43 Å². The van der Waals surface area contributed by atoms with Crippen LogP contribution in [0.3, 0.4) is 0 Å². The Morgan fingerprint density at radius 1 is 1.32 bits per heavy atom. The van der Waals surface area contributed by atoms with Gasteiger partial charge in [0.15, 0.2) is 0 Å². The summed E-state index contributed by atoms with van der Waals surface area (Å²) in [4.78, 5) is 12.3. The van der Waals surface area contributed by atoms with Crippen LogP contribution >= 0.6 is 23.2 Å². The number of nitrogens with one attached hydrogen (secondary N) is 1. The lowest BCUT2D eigenvalue weighted by molar-refractivity contribution is 0.0954. The number of fused-ring (bicyclic) bond motifs is 2. The first-order valence-corrected chi connectivity index (χ1v) is 8.34. The molecule has 0 radical (unpaired) electrons. The Labute approximate surface area is 141 Å². The highest BCUT2D eigenvalue weighted by atomic mass is 35.5. The fourth-order valence-corrected chi connectivity index (χ4v) is 4.44. The Morgan fingerprint density at radius 3 is 2.59 bits per heavy atom. The summed E-state index contributed by atoms with van der Waals surface area (Å²) in [5, 5.41) is 5.29. The number of nitrogens with zero attached hydrogens (tertiary/aromatic N) is 1. The van der Waals surface area contributed by atoms with E-state index in [1.807, 2.05) is 0 Å². The predicted octanol–water partition coefficient (Wildman–Crippen LogP) is 4.93. The van der Waals surface area contributed by atoms with Crippen molar-refractivity contribution >= 4 is 34.8 Å². The predicted molar refractivity (Wildman–Crippen MR) is 90.6 cm³/mol. The van der Waals surface area contributed by atoms with Crippen molar-refractivity contribution in [3.8, 4) is 0 Å².